The van der Waals surface area contributed by atoms with Crippen molar-refractivity contribution in [3.63, 3.8) is 0 Å². The van der Waals surface area contributed by atoms with Gasteiger partial charge in [-0.1, -0.05) is 62.9 Å². The zero-order valence-electron chi connectivity index (χ0n) is 13.4. The second-order valence-electron chi connectivity index (χ2n) is 6.95. The van der Waals surface area contributed by atoms with Gasteiger partial charge in [-0.15, -0.1) is 0 Å². The van der Waals surface area contributed by atoms with Crippen LogP contribution in [0.2, 0.25) is 10.0 Å². The first-order valence-corrected chi connectivity index (χ1v) is 8.89. The van der Waals surface area contributed by atoms with E-state index in [1.54, 1.807) is 0 Å². The number of hydrogen-bond acceptors (Lipinski definition) is 1. The van der Waals surface area contributed by atoms with Crippen molar-refractivity contribution < 1.29 is 0 Å². The van der Waals surface area contributed by atoms with Gasteiger partial charge in [-0.2, -0.15) is 0 Å². The van der Waals surface area contributed by atoms with Gasteiger partial charge in [0.25, 0.3) is 0 Å². The average Bonchev–Trinajstić information content (AvgIpc) is 2.44. The molecule has 1 saturated carbocycles. The molecule has 0 amide bonds. The Balaban J connectivity index is 2.30. The van der Waals surface area contributed by atoms with Gasteiger partial charge in [0.05, 0.1) is 10.0 Å². The molecular formula is C18H27Cl2N. The molecule has 0 bridgehead atoms. The third kappa shape index (κ3) is 4.15. The molecule has 2 atom stereocenters. The minimum Gasteiger partial charge on any atom is -0.310 e. The Morgan fingerprint density at radius 3 is 2.62 bits per heavy atom. The van der Waals surface area contributed by atoms with Crippen molar-refractivity contribution in [3.8, 4) is 0 Å². The summed E-state index contributed by atoms with van der Waals surface area (Å²) in [6.45, 7) is 8.08. The van der Waals surface area contributed by atoms with E-state index >= 15 is 0 Å². The summed E-state index contributed by atoms with van der Waals surface area (Å²) in [7, 11) is 0. The van der Waals surface area contributed by atoms with E-state index in [1.165, 1.54) is 31.2 Å². The highest BCUT2D eigenvalue weighted by Gasteiger charge is 2.37. The lowest BCUT2D eigenvalue weighted by Gasteiger charge is -2.44. The molecule has 0 aliphatic heterocycles. The molecule has 21 heavy (non-hydrogen) atoms. The number of hydrogen-bond donors (Lipinski definition) is 1. The SMILES string of the molecule is CCCNC(c1ccc(Cl)c(Cl)c1)C1CCCCC1(C)C. The van der Waals surface area contributed by atoms with Crippen molar-refractivity contribution in [3.05, 3.63) is 33.8 Å². The van der Waals surface area contributed by atoms with Crippen molar-refractivity contribution in [2.45, 2.75) is 58.9 Å². The molecule has 1 aromatic carbocycles. The molecule has 0 aromatic heterocycles. The zero-order valence-corrected chi connectivity index (χ0v) is 14.9. The summed E-state index contributed by atoms with van der Waals surface area (Å²) in [5, 5.41) is 5.05. The summed E-state index contributed by atoms with van der Waals surface area (Å²) < 4.78 is 0. The highest BCUT2D eigenvalue weighted by Crippen LogP contribution is 2.47. The zero-order chi connectivity index (χ0) is 15.5. The minimum atomic E-state index is 0.370. The third-order valence-electron chi connectivity index (χ3n) is 4.91. The van der Waals surface area contributed by atoms with Gasteiger partial charge in [-0.3, -0.25) is 0 Å². The van der Waals surface area contributed by atoms with Crippen molar-refractivity contribution in [2.75, 3.05) is 6.54 Å². The Kier molecular flexibility index (Phi) is 5.99. The first kappa shape index (κ1) is 17.1. The van der Waals surface area contributed by atoms with Gasteiger partial charge in [0, 0.05) is 6.04 Å². The van der Waals surface area contributed by atoms with E-state index in [4.69, 9.17) is 23.2 Å². The van der Waals surface area contributed by atoms with Crippen LogP contribution in [0, 0.1) is 11.3 Å². The molecule has 118 valence electrons. The maximum atomic E-state index is 6.24. The van der Waals surface area contributed by atoms with E-state index in [0.717, 1.165) is 13.0 Å². The van der Waals surface area contributed by atoms with E-state index in [9.17, 15) is 0 Å². The van der Waals surface area contributed by atoms with Crippen LogP contribution in [0.15, 0.2) is 18.2 Å². The molecule has 2 unspecified atom stereocenters. The van der Waals surface area contributed by atoms with Crippen LogP contribution in [0.5, 0.6) is 0 Å². The second-order valence-corrected chi connectivity index (χ2v) is 7.76. The van der Waals surface area contributed by atoms with Crippen LogP contribution in [0.3, 0.4) is 0 Å². The molecule has 1 aromatic rings. The summed E-state index contributed by atoms with van der Waals surface area (Å²) in [5.74, 6) is 0.648. The normalized spacial score (nSPS) is 23.0. The fourth-order valence-electron chi connectivity index (χ4n) is 3.64. The van der Waals surface area contributed by atoms with Crippen LogP contribution in [0.4, 0.5) is 0 Å². The Morgan fingerprint density at radius 2 is 2.00 bits per heavy atom. The van der Waals surface area contributed by atoms with Crippen LogP contribution in [0.25, 0.3) is 0 Å². The number of rotatable bonds is 5. The van der Waals surface area contributed by atoms with Crippen LogP contribution in [-0.2, 0) is 0 Å². The number of halogens is 2. The van der Waals surface area contributed by atoms with Crippen molar-refractivity contribution in [2.24, 2.45) is 11.3 Å². The minimum absolute atomic E-state index is 0.370. The molecule has 1 fully saturated rings. The van der Waals surface area contributed by atoms with E-state index < -0.39 is 0 Å². The molecule has 0 saturated heterocycles. The molecule has 0 radical (unpaired) electrons. The predicted octanol–water partition coefficient (Wildman–Crippen LogP) is 6.25. The summed E-state index contributed by atoms with van der Waals surface area (Å²) >= 11 is 12.3. The van der Waals surface area contributed by atoms with Gasteiger partial charge in [0.2, 0.25) is 0 Å². The molecule has 0 spiro atoms. The van der Waals surface area contributed by atoms with E-state index in [1.807, 2.05) is 12.1 Å². The highest BCUT2D eigenvalue weighted by atomic mass is 35.5. The fraction of sp³-hybridized carbons (Fsp3) is 0.667. The summed E-state index contributed by atoms with van der Waals surface area (Å²) in [5.41, 5.74) is 1.65. The lowest BCUT2D eigenvalue weighted by molar-refractivity contribution is 0.0982. The smallest absolute Gasteiger partial charge is 0.0595 e. The lowest BCUT2D eigenvalue weighted by atomic mass is 9.65. The Bertz CT molecular complexity index is 470. The molecule has 1 aliphatic rings. The highest BCUT2D eigenvalue weighted by molar-refractivity contribution is 6.42. The molecule has 1 aliphatic carbocycles. The Labute approximate surface area is 139 Å². The largest absolute Gasteiger partial charge is 0.310 e. The fourth-order valence-corrected chi connectivity index (χ4v) is 3.94. The molecule has 0 heterocycles. The van der Waals surface area contributed by atoms with E-state index in [0.29, 0.717) is 27.4 Å². The first-order valence-electron chi connectivity index (χ1n) is 8.14. The van der Waals surface area contributed by atoms with Crippen molar-refractivity contribution in [1.82, 2.24) is 5.32 Å². The standard InChI is InChI=1S/C18H27Cl2N/c1-4-11-21-17(13-8-9-15(19)16(20)12-13)14-7-5-6-10-18(14,2)3/h8-9,12,14,17,21H,4-7,10-11H2,1-3H3. The molecular weight excluding hydrogens is 301 g/mol. The van der Waals surface area contributed by atoms with Gasteiger partial charge in [0.15, 0.2) is 0 Å². The number of benzene rings is 1. The third-order valence-corrected chi connectivity index (χ3v) is 5.65. The first-order chi connectivity index (χ1) is 9.95. The van der Waals surface area contributed by atoms with Gasteiger partial charge in [0.1, 0.15) is 0 Å². The van der Waals surface area contributed by atoms with E-state index in [2.05, 4.69) is 32.2 Å². The Hall–Kier alpha value is -0.240. The molecule has 3 heteroatoms. The van der Waals surface area contributed by atoms with E-state index in [-0.39, 0.29) is 0 Å². The van der Waals surface area contributed by atoms with Crippen LogP contribution in [0.1, 0.15) is 64.5 Å². The van der Waals surface area contributed by atoms with Crippen molar-refractivity contribution >= 4 is 23.2 Å². The molecule has 1 N–H and O–H groups in total. The van der Waals surface area contributed by atoms with Gasteiger partial charge < -0.3 is 5.32 Å². The van der Waals surface area contributed by atoms with Crippen LogP contribution >= 0.6 is 23.2 Å². The molecule has 1 nitrogen and oxygen atoms in total. The summed E-state index contributed by atoms with van der Waals surface area (Å²) in [4.78, 5) is 0. The number of nitrogens with one attached hydrogen (secondary N) is 1. The van der Waals surface area contributed by atoms with Crippen LogP contribution < -0.4 is 5.32 Å². The second kappa shape index (κ2) is 7.35. The van der Waals surface area contributed by atoms with Gasteiger partial charge in [-0.05, 0) is 54.8 Å². The van der Waals surface area contributed by atoms with Gasteiger partial charge in [-0.25, -0.2) is 0 Å². The Morgan fingerprint density at radius 1 is 1.24 bits per heavy atom. The van der Waals surface area contributed by atoms with Crippen LogP contribution in [-0.4, -0.2) is 6.54 Å². The molecule has 2 rings (SSSR count). The maximum absolute atomic E-state index is 6.24. The lowest BCUT2D eigenvalue weighted by Crippen LogP contribution is -2.39. The maximum Gasteiger partial charge on any atom is 0.0595 e. The predicted molar refractivity (Wildman–Crippen MR) is 93.2 cm³/mol. The van der Waals surface area contributed by atoms with Gasteiger partial charge >= 0.3 is 0 Å². The monoisotopic (exact) mass is 327 g/mol. The topological polar surface area (TPSA) is 12.0 Å². The summed E-state index contributed by atoms with van der Waals surface area (Å²) in [6.07, 6.45) is 6.42. The van der Waals surface area contributed by atoms with Crippen molar-refractivity contribution in [1.29, 1.82) is 0 Å². The quantitative estimate of drug-likeness (QED) is 0.673. The summed E-state index contributed by atoms with van der Waals surface area (Å²) in [6, 6.07) is 6.47. The average molecular weight is 328 g/mol.